The van der Waals surface area contributed by atoms with Gasteiger partial charge < -0.3 is 10.5 Å². The van der Waals surface area contributed by atoms with Gasteiger partial charge in [0, 0.05) is 12.5 Å². The minimum atomic E-state index is -3.60. The fraction of sp³-hybridized carbons (Fsp3) is 0.417. The molecule has 6 nitrogen and oxygen atoms in total. The van der Waals surface area contributed by atoms with Crippen LogP contribution >= 0.6 is 0 Å². The summed E-state index contributed by atoms with van der Waals surface area (Å²) < 4.78 is 31.8. The number of rotatable bonds is 7. The van der Waals surface area contributed by atoms with Gasteiger partial charge >= 0.3 is 0 Å². The fourth-order valence-electron chi connectivity index (χ4n) is 1.58. The molecule has 0 saturated heterocycles. The lowest BCUT2D eigenvalue weighted by Gasteiger charge is -2.16. The Morgan fingerprint density at radius 3 is 2.42 bits per heavy atom. The average Bonchev–Trinajstić information content (AvgIpc) is 2.37. The second-order valence-electron chi connectivity index (χ2n) is 4.13. The van der Waals surface area contributed by atoms with E-state index in [1.165, 1.54) is 19.2 Å². The summed E-state index contributed by atoms with van der Waals surface area (Å²) in [6.45, 7) is 1.84. The summed E-state index contributed by atoms with van der Waals surface area (Å²) in [5, 5.41) is 7.22. The van der Waals surface area contributed by atoms with Gasteiger partial charge in [0.05, 0.1) is 17.8 Å². The number of sulfonamides is 1. The predicted molar refractivity (Wildman–Crippen MR) is 73.9 cm³/mol. The topological polar surface area (TPSA) is 105 Å². The first-order valence-corrected chi connectivity index (χ1v) is 7.36. The number of hydrogen-bond acceptors (Lipinski definition) is 4. The predicted octanol–water partition coefficient (Wildman–Crippen LogP) is 1.08. The van der Waals surface area contributed by atoms with Crippen LogP contribution in [0.2, 0.25) is 0 Å². The van der Waals surface area contributed by atoms with Crippen molar-refractivity contribution < 1.29 is 13.2 Å². The number of benzene rings is 1. The molecule has 1 atom stereocenters. The van der Waals surface area contributed by atoms with Crippen LogP contribution < -0.4 is 15.2 Å². The van der Waals surface area contributed by atoms with Crippen molar-refractivity contribution in [1.29, 1.82) is 5.41 Å². The summed E-state index contributed by atoms with van der Waals surface area (Å²) in [4.78, 5) is 0.162. The van der Waals surface area contributed by atoms with Crippen molar-refractivity contribution in [2.75, 3.05) is 7.11 Å². The summed E-state index contributed by atoms with van der Waals surface area (Å²) in [6.07, 6.45) is 0.765. The highest BCUT2D eigenvalue weighted by Gasteiger charge is 2.19. The molecule has 106 valence electrons. The van der Waals surface area contributed by atoms with Crippen LogP contribution in [0.3, 0.4) is 0 Å². The Hall–Kier alpha value is -1.60. The lowest BCUT2D eigenvalue weighted by molar-refractivity contribution is 0.414. The van der Waals surface area contributed by atoms with Crippen LogP contribution in [0.4, 0.5) is 0 Å². The lowest BCUT2D eigenvalue weighted by Crippen LogP contribution is -2.37. The van der Waals surface area contributed by atoms with Crippen molar-refractivity contribution in [3.63, 3.8) is 0 Å². The maximum Gasteiger partial charge on any atom is 0.240 e. The number of nitrogens with two attached hydrogens (primary N) is 1. The molecular formula is C12H19N3O3S. The average molecular weight is 285 g/mol. The highest BCUT2D eigenvalue weighted by molar-refractivity contribution is 7.89. The first-order chi connectivity index (χ1) is 8.89. The molecule has 0 heterocycles. The van der Waals surface area contributed by atoms with Crippen molar-refractivity contribution >= 4 is 15.9 Å². The van der Waals surface area contributed by atoms with Gasteiger partial charge in [-0.3, -0.25) is 5.41 Å². The van der Waals surface area contributed by atoms with Gasteiger partial charge in [-0.2, -0.15) is 0 Å². The Bertz CT molecular complexity index is 526. The first kappa shape index (κ1) is 15.5. The number of hydrogen-bond donors (Lipinski definition) is 3. The van der Waals surface area contributed by atoms with Crippen LogP contribution in [-0.4, -0.2) is 27.4 Å². The molecule has 0 saturated carbocycles. The SMILES string of the molecule is CCC(CC(=N)N)NS(=O)(=O)c1ccc(OC)cc1. The third-order valence-corrected chi connectivity index (χ3v) is 4.19. The van der Waals surface area contributed by atoms with E-state index in [0.717, 1.165) is 0 Å². The molecule has 0 fully saturated rings. The fourth-order valence-corrected chi connectivity index (χ4v) is 2.90. The first-order valence-electron chi connectivity index (χ1n) is 5.88. The maximum absolute atomic E-state index is 12.1. The Morgan fingerprint density at radius 2 is 2.00 bits per heavy atom. The van der Waals surface area contributed by atoms with Gasteiger partial charge in [-0.1, -0.05) is 6.92 Å². The van der Waals surface area contributed by atoms with Gasteiger partial charge in [0.2, 0.25) is 10.0 Å². The molecule has 0 amide bonds. The Labute approximate surface area is 113 Å². The molecule has 0 aliphatic heterocycles. The van der Waals surface area contributed by atoms with Crippen molar-refractivity contribution in [2.45, 2.75) is 30.7 Å². The van der Waals surface area contributed by atoms with Crippen molar-refractivity contribution in [1.82, 2.24) is 4.72 Å². The smallest absolute Gasteiger partial charge is 0.240 e. The third-order valence-electron chi connectivity index (χ3n) is 2.65. The van der Waals surface area contributed by atoms with Gasteiger partial charge in [0.15, 0.2) is 0 Å². The summed E-state index contributed by atoms with van der Waals surface area (Å²) in [7, 11) is -2.08. The Balaban J connectivity index is 2.86. The highest BCUT2D eigenvalue weighted by Crippen LogP contribution is 2.16. The van der Waals surface area contributed by atoms with E-state index in [1.807, 2.05) is 6.92 Å². The van der Waals surface area contributed by atoms with Crippen LogP contribution in [0, 0.1) is 5.41 Å². The van der Waals surface area contributed by atoms with Gasteiger partial charge in [-0.15, -0.1) is 0 Å². The van der Waals surface area contributed by atoms with Gasteiger partial charge in [-0.05, 0) is 30.7 Å². The largest absolute Gasteiger partial charge is 0.497 e. The zero-order chi connectivity index (χ0) is 14.5. The molecule has 1 aromatic rings. The molecule has 1 aromatic carbocycles. The molecule has 0 bridgehead atoms. The van der Waals surface area contributed by atoms with Crippen LogP contribution in [0.5, 0.6) is 5.75 Å². The van der Waals surface area contributed by atoms with E-state index in [1.54, 1.807) is 12.1 Å². The van der Waals surface area contributed by atoms with Crippen molar-refractivity contribution in [3.05, 3.63) is 24.3 Å². The minimum absolute atomic E-state index is 0.0377. The molecule has 0 aromatic heterocycles. The standard InChI is InChI=1S/C12H19N3O3S/c1-3-9(8-12(13)14)15-19(16,17)11-6-4-10(18-2)5-7-11/h4-7,9,15H,3,8H2,1-2H3,(H3,13,14). The summed E-state index contributed by atoms with van der Waals surface area (Å²) in [5.74, 6) is 0.555. The van der Waals surface area contributed by atoms with Crippen LogP contribution in [0.1, 0.15) is 19.8 Å². The minimum Gasteiger partial charge on any atom is -0.497 e. The van der Waals surface area contributed by atoms with E-state index in [4.69, 9.17) is 15.9 Å². The van der Waals surface area contributed by atoms with Crippen LogP contribution in [0.15, 0.2) is 29.2 Å². The third kappa shape index (κ3) is 4.53. The highest BCUT2D eigenvalue weighted by atomic mass is 32.2. The molecule has 1 rings (SSSR count). The van der Waals surface area contributed by atoms with E-state index < -0.39 is 10.0 Å². The van der Waals surface area contributed by atoms with Crippen molar-refractivity contribution in [2.24, 2.45) is 5.73 Å². The normalized spacial score (nSPS) is 12.9. The number of methoxy groups -OCH3 is 1. The molecular weight excluding hydrogens is 266 g/mol. The zero-order valence-electron chi connectivity index (χ0n) is 11.0. The Kier molecular flexibility index (Phi) is 5.31. The van der Waals surface area contributed by atoms with Gasteiger partial charge in [0.1, 0.15) is 5.75 Å². The number of nitrogens with one attached hydrogen (secondary N) is 2. The van der Waals surface area contributed by atoms with E-state index in [-0.39, 0.29) is 23.2 Å². The van der Waals surface area contributed by atoms with Crippen LogP contribution in [0.25, 0.3) is 0 Å². The summed E-state index contributed by atoms with van der Waals surface area (Å²) in [5.41, 5.74) is 5.30. The molecule has 0 spiro atoms. The van der Waals surface area contributed by atoms with E-state index in [2.05, 4.69) is 4.72 Å². The van der Waals surface area contributed by atoms with Gasteiger partial charge in [-0.25, -0.2) is 13.1 Å². The molecule has 0 aliphatic rings. The molecule has 0 aliphatic carbocycles. The second-order valence-corrected chi connectivity index (χ2v) is 5.85. The zero-order valence-corrected chi connectivity index (χ0v) is 11.8. The number of ether oxygens (including phenoxy) is 1. The monoisotopic (exact) mass is 285 g/mol. The van der Waals surface area contributed by atoms with Gasteiger partial charge in [0.25, 0.3) is 0 Å². The molecule has 0 radical (unpaired) electrons. The van der Waals surface area contributed by atoms with Crippen molar-refractivity contribution in [3.8, 4) is 5.75 Å². The number of amidine groups is 1. The van der Waals surface area contributed by atoms with E-state index in [0.29, 0.717) is 12.2 Å². The molecule has 7 heteroatoms. The lowest BCUT2D eigenvalue weighted by atomic mass is 10.1. The van der Waals surface area contributed by atoms with E-state index in [9.17, 15) is 8.42 Å². The molecule has 1 unspecified atom stereocenters. The maximum atomic E-state index is 12.1. The molecule has 19 heavy (non-hydrogen) atoms. The quantitative estimate of drug-likeness (QED) is 0.515. The molecule has 4 N–H and O–H groups in total. The van der Waals surface area contributed by atoms with Crippen LogP contribution in [-0.2, 0) is 10.0 Å². The summed E-state index contributed by atoms with van der Waals surface area (Å²) in [6, 6.07) is 5.74. The summed E-state index contributed by atoms with van der Waals surface area (Å²) >= 11 is 0. The van der Waals surface area contributed by atoms with E-state index >= 15 is 0 Å². The Morgan fingerprint density at radius 1 is 1.42 bits per heavy atom. The second kappa shape index (κ2) is 6.53.